The third-order valence-corrected chi connectivity index (χ3v) is 3.27. The second-order valence-electron chi connectivity index (χ2n) is 4.08. The Hall–Kier alpha value is -1.33. The van der Waals surface area contributed by atoms with Gasteiger partial charge in [0, 0.05) is 24.0 Å². The number of nitrogens with zero attached hydrogens (tertiary/aromatic N) is 1. The maximum absolute atomic E-state index is 11.8. The molecule has 0 aromatic carbocycles. The molecule has 0 bridgehead atoms. The molecule has 0 aliphatic carbocycles. The molecule has 0 amide bonds. The van der Waals surface area contributed by atoms with Gasteiger partial charge in [-0.3, -0.25) is 0 Å². The molecule has 5 nitrogen and oxygen atoms in total. The summed E-state index contributed by atoms with van der Waals surface area (Å²) in [5.74, 6) is -0.347. The third kappa shape index (κ3) is 1.85. The Labute approximate surface area is 100 Å². The van der Waals surface area contributed by atoms with Crippen LogP contribution in [0.25, 0.3) is 0 Å². The van der Waals surface area contributed by atoms with Crippen LogP contribution < -0.4 is 0 Å². The lowest BCUT2D eigenvalue weighted by Crippen LogP contribution is -2.09. The van der Waals surface area contributed by atoms with Gasteiger partial charge in [0.1, 0.15) is 0 Å². The Kier molecular flexibility index (Phi) is 3.22. The van der Waals surface area contributed by atoms with Crippen LogP contribution in [0.3, 0.4) is 0 Å². The van der Waals surface area contributed by atoms with E-state index in [1.807, 2.05) is 25.5 Å². The molecular formula is C12H17NO4. The van der Waals surface area contributed by atoms with E-state index in [4.69, 9.17) is 14.2 Å². The normalized spacial score (nSPS) is 16.5. The molecule has 0 atom stereocenters. The van der Waals surface area contributed by atoms with Crippen LogP contribution in [0, 0.1) is 13.8 Å². The lowest BCUT2D eigenvalue weighted by Gasteiger charge is -2.11. The van der Waals surface area contributed by atoms with E-state index in [-0.39, 0.29) is 5.97 Å². The average molecular weight is 239 g/mol. The van der Waals surface area contributed by atoms with Gasteiger partial charge in [-0.1, -0.05) is 0 Å². The van der Waals surface area contributed by atoms with E-state index in [1.54, 1.807) is 0 Å². The first-order valence-electron chi connectivity index (χ1n) is 5.55. The SMILES string of the molecule is COC(=O)c1c(C2OCCO2)c(C)n(C)c1C. The number of carbonyl (C=O) groups excluding carboxylic acids is 1. The third-order valence-electron chi connectivity index (χ3n) is 3.27. The fourth-order valence-electron chi connectivity index (χ4n) is 2.15. The minimum Gasteiger partial charge on any atom is -0.465 e. The molecule has 2 heterocycles. The first-order valence-corrected chi connectivity index (χ1v) is 5.55. The minimum absolute atomic E-state index is 0.347. The highest BCUT2D eigenvalue weighted by Gasteiger charge is 2.31. The smallest absolute Gasteiger partial charge is 0.340 e. The molecule has 0 spiro atoms. The second kappa shape index (κ2) is 4.50. The summed E-state index contributed by atoms with van der Waals surface area (Å²) in [5.41, 5.74) is 3.17. The molecule has 94 valence electrons. The van der Waals surface area contributed by atoms with Crippen LogP contribution in [-0.4, -0.2) is 30.9 Å². The van der Waals surface area contributed by atoms with E-state index >= 15 is 0 Å². The number of rotatable bonds is 2. The van der Waals surface area contributed by atoms with Gasteiger partial charge in [0.25, 0.3) is 0 Å². The summed E-state index contributed by atoms with van der Waals surface area (Å²) in [4.78, 5) is 11.8. The minimum atomic E-state index is -0.455. The van der Waals surface area contributed by atoms with Crippen LogP contribution in [0.2, 0.25) is 0 Å². The quantitative estimate of drug-likeness (QED) is 0.733. The number of hydrogen-bond donors (Lipinski definition) is 0. The summed E-state index contributed by atoms with van der Waals surface area (Å²) >= 11 is 0. The molecule has 1 saturated heterocycles. The fourth-order valence-corrected chi connectivity index (χ4v) is 2.15. The fraction of sp³-hybridized carbons (Fsp3) is 0.583. The Balaban J connectivity index is 2.55. The first kappa shape index (κ1) is 12.1. The van der Waals surface area contributed by atoms with Gasteiger partial charge < -0.3 is 18.8 Å². The van der Waals surface area contributed by atoms with Crippen molar-refractivity contribution in [2.45, 2.75) is 20.1 Å². The summed E-state index contributed by atoms with van der Waals surface area (Å²) in [6.45, 7) is 4.94. The highest BCUT2D eigenvalue weighted by atomic mass is 16.7. The predicted molar refractivity (Wildman–Crippen MR) is 60.9 cm³/mol. The number of carbonyl (C=O) groups is 1. The highest BCUT2D eigenvalue weighted by molar-refractivity contribution is 5.93. The number of methoxy groups -OCH3 is 1. The molecule has 1 aromatic heterocycles. The van der Waals surface area contributed by atoms with E-state index in [0.29, 0.717) is 18.8 Å². The van der Waals surface area contributed by atoms with E-state index in [1.165, 1.54) is 7.11 Å². The van der Waals surface area contributed by atoms with Crippen molar-refractivity contribution in [3.8, 4) is 0 Å². The standard InChI is InChI=1S/C12H17NO4/c1-7-9(11(14)15-4)10(8(2)13(7)3)12-16-5-6-17-12/h12H,5-6H2,1-4H3. The molecule has 1 aromatic rings. The van der Waals surface area contributed by atoms with Crippen molar-refractivity contribution in [3.63, 3.8) is 0 Å². The number of aromatic nitrogens is 1. The molecule has 5 heteroatoms. The maximum atomic E-state index is 11.8. The molecule has 0 N–H and O–H groups in total. The van der Waals surface area contributed by atoms with E-state index in [9.17, 15) is 4.79 Å². The molecule has 17 heavy (non-hydrogen) atoms. The van der Waals surface area contributed by atoms with Crippen molar-refractivity contribution in [1.82, 2.24) is 4.57 Å². The highest BCUT2D eigenvalue weighted by Crippen LogP contribution is 2.32. The maximum Gasteiger partial charge on any atom is 0.340 e. The van der Waals surface area contributed by atoms with Gasteiger partial charge in [-0.15, -0.1) is 0 Å². The molecule has 2 rings (SSSR count). The Morgan fingerprint density at radius 1 is 1.29 bits per heavy atom. The Morgan fingerprint density at radius 3 is 2.41 bits per heavy atom. The zero-order chi connectivity index (χ0) is 12.6. The van der Waals surface area contributed by atoms with Crippen LogP contribution in [0.4, 0.5) is 0 Å². The van der Waals surface area contributed by atoms with E-state index in [0.717, 1.165) is 17.0 Å². The predicted octanol–water partition coefficient (Wildman–Crippen LogP) is 1.47. The van der Waals surface area contributed by atoms with E-state index < -0.39 is 6.29 Å². The van der Waals surface area contributed by atoms with Gasteiger partial charge in [0.2, 0.25) is 0 Å². The van der Waals surface area contributed by atoms with Crippen LogP contribution >= 0.6 is 0 Å². The molecule has 0 saturated carbocycles. The lowest BCUT2D eigenvalue weighted by atomic mass is 10.1. The summed E-state index contributed by atoms with van der Waals surface area (Å²) < 4.78 is 17.7. The van der Waals surface area contributed by atoms with Crippen molar-refractivity contribution < 1.29 is 19.0 Å². The number of esters is 1. The van der Waals surface area contributed by atoms with Gasteiger partial charge in [0.05, 0.1) is 25.9 Å². The van der Waals surface area contributed by atoms with Crippen molar-refractivity contribution in [2.75, 3.05) is 20.3 Å². The van der Waals surface area contributed by atoms with Gasteiger partial charge in [-0.05, 0) is 13.8 Å². The van der Waals surface area contributed by atoms with Gasteiger partial charge in [0.15, 0.2) is 6.29 Å². The van der Waals surface area contributed by atoms with Crippen molar-refractivity contribution >= 4 is 5.97 Å². The second-order valence-corrected chi connectivity index (χ2v) is 4.08. The van der Waals surface area contributed by atoms with Crippen molar-refractivity contribution in [1.29, 1.82) is 0 Å². The molecular weight excluding hydrogens is 222 g/mol. The summed E-state index contributed by atoms with van der Waals surface area (Å²) in [7, 11) is 3.29. The number of ether oxygens (including phenoxy) is 3. The Bertz CT molecular complexity index is 444. The largest absolute Gasteiger partial charge is 0.465 e. The average Bonchev–Trinajstić information content (AvgIpc) is 2.91. The zero-order valence-corrected chi connectivity index (χ0v) is 10.6. The molecule has 1 aliphatic rings. The zero-order valence-electron chi connectivity index (χ0n) is 10.6. The summed E-state index contributed by atoms with van der Waals surface area (Å²) in [5, 5.41) is 0. The molecule has 0 radical (unpaired) electrons. The lowest BCUT2D eigenvalue weighted by molar-refractivity contribution is -0.0453. The van der Waals surface area contributed by atoms with Gasteiger partial charge in [-0.2, -0.15) is 0 Å². The summed E-state index contributed by atoms with van der Waals surface area (Å²) in [6.07, 6.45) is -0.455. The van der Waals surface area contributed by atoms with Crippen LogP contribution in [0.5, 0.6) is 0 Å². The molecule has 1 aliphatic heterocycles. The molecule has 0 unspecified atom stereocenters. The van der Waals surface area contributed by atoms with Crippen molar-refractivity contribution in [3.05, 3.63) is 22.5 Å². The van der Waals surface area contributed by atoms with Crippen molar-refractivity contribution in [2.24, 2.45) is 7.05 Å². The van der Waals surface area contributed by atoms with Crippen LogP contribution in [-0.2, 0) is 21.3 Å². The summed E-state index contributed by atoms with van der Waals surface area (Å²) in [6, 6.07) is 0. The first-order chi connectivity index (χ1) is 8.07. The Morgan fingerprint density at radius 2 is 1.88 bits per heavy atom. The molecule has 1 fully saturated rings. The topological polar surface area (TPSA) is 49.7 Å². The van der Waals surface area contributed by atoms with Gasteiger partial charge >= 0.3 is 5.97 Å². The van der Waals surface area contributed by atoms with Crippen LogP contribution in [0.1, 0.15) is 33.6 Å². The van der Waals surface area contributed by atoms with Gasteiger partial charge in [-0.25, -0.2) is 4.79 Å². The van der Waals surface area contributed by atoms with E-state index in [2.05, 4.69) is 0 Å². The monoisotopic (exact) mass is 239 g/mol. The van der Waals surface area contributed by atoms with Crippen LogP contribution in [0.15, 0.2) is 0 Å². The number of hydrogen-bond acceptors (Lipinski definition) is 4.